The third kappa shape index (κ3) is 3.68. The van der Waals surface area contributed by atoms with Gasteiger partial charge in [-0.05, 0) is 55.5 Å². The van der Waals surface area contributed by atoms with Crippen molar-refractivity contribution in [1.29, 1.82) is 0 Å². The van der Waals surface area contributed by atoms with Crippen LogP contribution < -0.4 is 0 Å². The lowest BCUT2D eigenvalue weighted by Gasteiger charge is -2.17. The van der Waals surface area contributed by atoms with Gasteiger partial charge < -0.3 is 9.30 Å². The Morgan fingerprint density at radius 2 is 1.89 bits per heavy atom. The average molecular weight is 384 g/mol. The van der Waals surface area contributed by atoms with Crippen LogP contribution in [0.5, 0.6) is 0 Å². The molecule has 0 bridgehead atoms. The SMILES string of the molecule is CCc1nc(C(C)C)ccc1-c1nc2c(C)cn([C@@H](CF)COC)c2cc1C. The van der Waals surface area contributed by atoms with Crippen LogP contribution in [0.15, 0.2) is 24.4 Å². The number of nitrogens with zero attached hydrogens (tertiary/aromatic N) is 3. The first-order chi connectivity index (χ1) is 13.4. The van der Waals surface area contributed by atoms with E-state index >= 15 is 0 Å². The zero-order chi connectivity index (χ0) is 20.4. The maximum absolute atomic E-state index is 13.6. The van der Waals surface area contributed by atoms with E-state index in [2.05, 4.69) is 45.9 Å². The van der Waals surface area contributed by atoms with Crippen LogP contribution in [0, 0.1) is 13.8 Å². The van der Waals surface area contributed by atoms with Gasteiger partial charge in [-0.1, -0.05) is 20.8 Å². The standard InChI is InChI=1S/C23H30FN3O/c1-7-19-18(8-9-20(25-19)14(2)3)22-15(4)10-21-23(26-22)16(5)12-27(21)17(11-24)13-28-6/h8-10,12,14,17H,7,11,13H2,1-6H3/t17-/m0/s1. The number of halogens is 1. The first kappa shape index (κ1) is 20.5. The fourth-order valence-electron chi connectivity index (χ4n) is 3.72. The second-order valence-electron chi connectivity index (χ2n) is 7.74. The van der Waals surface area contributed by atoms with Crippen LogP contribution >= 0.6 is 0 Å². The van der Waals surface area contributed by atoms with E-state index in [0.29, 0.717) is 12.5 Å². The summed E-state index contributed by atoms with van der Waals surface area (Å²) in [6.45, 7) is 10.4. The fourth-order valence-corrected chi connectivity index (χ4v) is 3.72. The van der Waals surface area contributed by atoms with Crippen molar-refractivity contribution in [3.63, 3.8) is 0 Å². The van der Waals surface area contributed by atoms with Gasteiger partial charge in [-0.3, -0.25) is 4.98 Å². The number of hydrogen-bond donors (Lipinski definition) is 0. The maximum atomic E-state index is 13.6. The zero-order valence-electron chi connectivity index (χ0n) is 17.7. The van der Waals surface area contributed by atoms with Crippen LogP contribution in [0.4, 0.5) is 4.39 Å². The Balaban J connectivity index is 2.17. The summed E-state index contributed by atoms with van der Waals surface area (Å²) < 4.78 is 20.7. The molecular formula is C23H30FN3O. The van der Waals surface area contributed by atoms with E-state index in [0.717, 1.165) is 51.2 Å². The van der Waals surface area contributed by atoms with Crippen LogP contribution in [0.1, 0.15) is 55.2 Å². The van der Waals surface area contributed by atoms with Crippen molar-refractivity contribution in [3.8, 4) is 11.3 Å². The number of pyridine rings is 2. The quantitative estimate of drug-likeness (QED) is 0.536. The third-order valence-electron chi connectivity index (χ3n) is 5.29. The highest BCUT2D eigenvalue weighted by Crippen LogP contribution is 2.32. The Morgan fingerprint density at radius 3 is 2.50 bits per heavy atom. The number of fused-ring (bicyclic) bond motifs is 1. The predicted octanol–water partition coefficient (Wildman–Crippen LogP) is 5.56. The van der Waals surface area contributed by atoms with E-state index in [-0.39, 0.29) is 6.04 Å². The van der Waals surface area contributed by atoms with Gasteiger partial charge in [-0.25, -0.2) is 9.37 Å². The maximum Gasteiger partial charge on any atom is 0.112 e. The van der Waals surface area contributed by atoms with E-state index in [1.54, 1.807) is 7.11 Å². The summed E-state index contributed by atoms with van der Waals surface area (Å²) in [6.07, 6.45) is 2.83. The molecule has 0 fully saturated rings. The largest absolute Gasteiger partial charge is 0.382 e. The summed E-state index contributed by atoms with van der Waals surface area (Å²) >= 11 is 0. The van der Waals surface area contributed by atoms with Crippen molar-refractivity contribution >= 4 is 11.0 Å². The van der Waals surface area contributed by atoms with Crippen LogP contribution in [-0.4, -0.2) is 34.9 Å². The van der Waals surface area contributed by atoms with Gasteiger partial charge >= 0.3 is 0 Å². The molecule has 0 N–H and O–H groups in total. The Hall–Kier alpha value is -2.27. The Morgan fingerprint density at radius 1 is 1.14 bits per heavy atom. The normalized spacial score (nSPS) is 12.9. The van der Waals surface area contributed by atoms with Crippen LogP contribution in [0.2, 0.25) is 0 Å². The lowest BCUT2D eigenvalue weighted by atomic mass is 10.0. The predicted molar refractivity (Wildman–Crippen MR) is 113 cm³/mol. The summed E-state index contributed by atoms with van der Waals surface area (Å²) in [5.74, 6) is 0.394. The molecule has 150 valence electrons. The summed E-state index contributed by atoms with van der Waals surface area (Å²) in [4.78, 5) is 9.87. The topological polar surface area (TPSA) is 39.9 Å². The second-order valence-corrected chi connectivity index (χ2v) is 7.74. The van der Waals surface area contributed by atoms with Gasteiger partial charge in [0.1, 0.15) is 6.67 Å². The summed E-state index contributed by atoms with van der Waals surface area (Å²) in [5, 5.41) is 0. The highest BCUT2D eigenvalue weighted by Gasteiger charge is 2.19. The fraction of sp³-hybridized carbons (Fsp3) is 0.478. The second kappa shape index (κ2) is 8.39. The molecule has 28 heavy (non-hydrogen) atoms. The number of aryl methyl sites for hydroxylation is 3. The third-order valence-corrected chi connectivity index (χ3v) is 5.29. The van der Waals surface area contributed by atoms with E-state index in [1.807, 2.05) is 17.7 Å². The van der Waals surface area contributed by atoms with Crippen molar-refractivity contribution in [2.24, 2.45) is 0 Å². The van der Waals surface area contributed by atoms with Crippen molar-refractivity contribution in [2.45, 2.75) is 53.0 Å². The van der Waals surface area contributed by atoms with E-state index < -0.39 is 6.67 Å². The van der Waals surface area contributed by atoms with E-state index in [9.17, 15) is 4.39 Å². The Bertz CT molecular complexity index is 978. The highest BCUT2D eigenvalue weighted by molar-refractivity contribution is 5.84. The van der Waals surface area contributed by atoms with Gasteiger partial charge in [-0.15, -0.1) is 0 Å². The first-order valence-electron chi connectivity index (χ1n) is 9.95. The van der Waals surface area contributed by atoms with Crippen LogP contribution in [-0.2, 0) is 11.2 Å². The number of ether oxygens (including phenoxy) is 1. The van der Waals surface area contributed by atoms with Crippen molar-refractivity contribution < 1.29 is 9.13 Å². The minimum absolute atomic E-state index is 0.334. The number of alkyl halides is 1. The molecule has 0 saturated heterocycles. The average Bonchev–Trinajstić information content (AvgIpc) is 3.00. The molecule has 0 spiro atoms. The van der Waals surface area contributed by atoms with E-state index in [4.69, 9.17) is 14.7 Å². The zero-order valence-corrected chi connectivity index (χ0v) is 17.7. The molecule has 3 heterocycles. The Kier molecular flexibility index (Phi) is 6.14. The molecule has 0 aromatic carbocycles. The molecule has 4 nitrogen and oxygen atoms in total. The summed E-state index contributed by atoms with van der Waals surface area (Å²) in [7, 11) is 1.60. The van der Waals surface area contributed by atoms with Crippen LogP contribution in [0.3, 0.4) is 0 Å². The first-order valence-corrected chi connectivity index (χ1v) is 9.95. The molecule has 0 aliphatic rings. The van der Waals surface area contributed by atoms with Gasteiger partial charge in [0.2, 0.25) is 0 Å². The molecule has 0 unspecified atom stereocenters. The number of hydrogen-bond acceptors (Lipinski definition) is 3. The Labute approximate surface area is 166 Å². The molecule has 0 radical (unpaired) electrons. The number of aromatic nitrogens is 3. The minimum atomic E-state index is -0.474. The molecule has 0 saturated carbocycles. The molecule has 3 aromatic rings. The van der Waals surface area contributed by atoms with Crippen LogP contribution in [0.25, 0.3) is 22.3 Å². The molecule has 5 heteroatoms. The molecule has 3 aromatic heterocycles. The van der Waals surface area contributed by atoms with E-state index in [1.165, 1.54) is 0 Å². The molecular weight excluding hydrogens is 353 g/mol. The van der Waals surface area contributed by atoms with Crippen molar-refractivity contribution in [2.75, 3.05) is 20.4 Å². The number of rotatable bonds is 7. The van der Waals surface area contributed by atoms with Gasteiger partial charge in [0, 0.05) is 30.3 Å². The monoisotopic (exact) mass is 383 g/mol. The van der Waals surface area contributed by atoms with Gasteiger partial charge in [0.25, 0.3) is 0 Å². The van der Waals surface area contributed by atoms with Gasteiger partial charge in [0.05, 0.1) is 29.4 Å². The smallest absolute Gasteiger partial charge is 0.112 e. The molecule has 0 amide bonds. The lowest BCUT2D eigenvalue weighted by Crippen LogP contribution is -2.15. The molecule has 0 aliphatic carbocycles. The van der Waals surface area contributed by atoms with Gasteiger partial charge in [-0.2, -0.15) is 0 Å². The number of methoxy groups -OCH3 is 1. The van der Waals surface area contributed by atoms with Gasteiger partial charge in [0.15, 0.2) is 0 Å². The van der Waals surface area contributed by atoms with Crippen molar-refractivity contribution in [1.82, 2.24) is 14.5 Å². The van der Waals surface area contributed by atoms with Crippen molar-refractivity contribution in [3.05, 3.63) is 46.9 Å². The highest BCUT2D eigenvalue weighted by atomic mass is 19.1. The summed E-state index contributed by atoms with van der Waals surface area (Å²) in [6, 6.07) is 6.01. The molecule has 1 atom stereocenters. The molecule has 3 rings (SSSR count). The lowest BCUT2D eigenvalue weighted by molar-refractivity contribution is 0.142. The molecule has 0 aliphatic heterocycles. The summed E-state index contributed by atoms with van der Waals surface area (Å²) in [5.41, 5.74) is 8.17. The minimum Gasteiger partial charge on any atom is -0.382 e.